The fraction of sp³-hybridized carbons (Fsp3) is 0.625. The van der Waals surface area contributed by atoms with Crippen molar-refractivity contribution in [2.24, 2.45) is 23.0 Å². The van der Waals surface area contributed by atoms with Crippen LogP contribution in [0.3, 0.4) is 0 Å². The summed E-state index contributed by atoms with van der Waals surface area (Å²) in [5.74, 6) is -2.60. The number of carbonyl (C=O) groups is 3. The molecule has 0 fully saturated rings. The number of carboxylic acids is 1. The molecule has 1 aliphatic rings. The minimum atomic E-state index is -0.984. The van der Waals surface area contributed by atoms with Gasteiger partial charge in [0.25, 0.3) is 0 Å². The Labute approximate surface area is 203 Å². The van der Waals surface area contributed by atoms with Gasteiger partial charge in [-0.1, -0.05) is 36.7 Å². The molecule has 0 aromatic heterocycles. The number of ether oxygens (including phenoxy) is 1. The number of nitrogens with zero attached hydrogens (tertiary/aromatic N) is 1. The van der Waals surface area contributed by atoms with Crippen molar-refractivity contribution in [1.29, 1.82) is 0 Å². The van der Waals surface area contributed by atoms with Crippen molar-refractivity contribution in [2.75, 3.05) is 18.1 Å². The first kappa shape index (κ1) is 27.3. The Balaban J connectivity index is 2.14. The summed E-state index contributed by atoms with van der Waals surface area (Å²) in [6.07, 6.45) is 0.0730. The van der Waals surface area contributed by atoms with E-state index in [1.807, 2.05) is 32.0 Å². The van der Waals surface area contributed by atoms with E-state index in [1.54, 1.807) is 11.8 Å². The summed E-state index contributed by atoms with van der Waals surface area (Å²) in [6.45, 7) is 7.60. The van der Waals surface area contributed by atoms with E-state index in [1.165, 1.54) is 6.92 Å². The number of hydrogen-bond acceptors (Lipinski definition) is 6. The van der Waals surface area contributed by atoms with Gasteiger partial charge in [-0.15, -0.1) is 0 Å². The summed E-state index contributed by atoms with van der Waals surface area (Å²) in [4.78, 5) is 38.5. The summed E-state index contributed by atoms with van der Waals surface area (Å²) in [6, 6.07) is 4.99. The third-order valence-corrected chi connectivity index (χ3v) is 6.54. The number of anilines is 1. The molecular weight excluding hydrogens is 492 g/mol. The molecule has 1 aromatic rings. The van der Waals surface area contributed by atoms with Crippen LogP contribution in [-0.2, 0) is 25.5 Å². The van der Waals surface area contributed by atoms with Crippen molar-refractivity contribution >= 4 is 39.5 Å². The predicted molar refractivity (Wildman–Crippen MR) is 129 cm³/mol. The zero-order valence-electron chi connectivity index (χ0n) is 19.7. The van der Waals surface area contributed by atoms with Gasteiger partial charge >= 0.3 is 11.9 Å². The predicted octanol–water partition coefficient (Wildman–Crippen LogP) is 3.12. The maximum absolute atomic E-state index is 13.4. The molecule has 8 nitrogen and oxygen atoms in total. The lowest BCUT2D eigenvalue weighted by molar-refractivity contribution is -0.148. The van der Waals surface area contributed by atoms with E-state index in [0.29, 0.717) is 12.8 Å². The molecule has 0 unspecified atom stereocenters. The molecule has 4 N–H and O–H groups in total. The molecule has 1 aliphatic heterocycles. The number of aliphatic carboxylic acids is 1. The number of aliphatic hydroxyl groups excluding tert-OH is 1. The molecule has 184 valence electrons. The first-order chi connectivity index (χ1) is 15.3. The highest BCUT2D eigenvalue weighted by atomic mass is 79.9. The van der Waals surface area contributed by atoms with Crippen LogP contribution in [0.5, 0.6) is 0 Å². The van der Waals surface area contributed by atoms with Crippen molar-refractivity contribution in [3.05, 3.63) is 28.2 Å². The molecule has 1 heterocycles. The lowest BCUT2D eigenvalue weighted by Gasteiger charge is -2.37. The smallest absolute Gasteiger partial charge is 0.311 e. The lowest BCUT2D eigenvalue weighted by Crippen LogP contribution is -2.45. The maximum atomic E-state index is 13.4. The second-order valence-electron chi connectivity index (χ2n) is 9.68. The van der Waals surface area contributed by atoms with E-state index in [-0.39, 0.29) is 37.9 Å². The van der Waals surface area contributed by atoms with E-state index >= 15 is 0 Å². The number of aliphatic hydroxyl groups is 1. The standard InChI is InChI=1S/C24H35BrN2O6/c1-5-33-23(32)16-9-15-10-17(25)6-7-19(15)27(13-16)21(29)12-24(3,4)11-18(26)20(28)8-14(2)22(30)31/h6-7,10,14,16,18,20,28H,5,8-9,11-13,26H2,1-4H3,(H,30,31)/t14-,16-,18+,20+/m1/s1. The summed E-state index contributed by atoms with van der Waals surface area (Å²) in [5, 5.41) is 19.4. The molecule has 0 saturated heterocycles. The first-order valence-corrected chi connectivity index (χ1v) is 12.1. The Morgan fingerprint density at radius 1 is 1.33 bits per heavy atom. The van der Waals surface area contributed by atoms with Crippen LogP contribution in [0.1, 0.15) is 52.5 Å². The van der Waals surface area contributed by atoms with Crippen molar-refractivity contribution in [2.45, 2.75) is 65.5 Å². The first-order valence-electron chi connectivity index (χ1n) is 11.3. The van der Waals surface area contributed by atoms with Gasteiger partial charge in [0.05, 0.1) is 24.5 Å². The average molecular weight is 527 g/mol. The molecule has 2 rings (SSSR count). The van der Waals surface area contributed by atoms with Crippen molar-refractivity contribution in [1.82, 2.24) is 0 Å². The number of halogens is 1. The number of benzene rings is 1. The maximum Gasteiger partial charge on any atom is 0.311 e. The molecule has 33 heavy (non-hydrogen) atoms. The van der Waals surface area contributed by atoms with Crippen LogP contribution in [0.25, 0.3) is 0 Å². The Kier molecular flexibility index (Phi) is 9.46. The van der Waals surface area contributed by atoms with Crippen molar-refractivity contribution < 1.29 is 29.3 Å². The lowest BCUT2D eigenvalue weighted by atomic mass is 9.79. The summed E-state index contributed by atoms with van der Waals surface area (Å²) in [7, 11) is 0. The topological polar surface area (TPSA) is 130 Å². The third-order valence-electron chi connectivity index (χ3n) is 6.05. The van der Waals surface area contributed by atoms with E-state index < -0.39 is 35.4 Å². The Bertz CT molecular complexity index is 875. The number of amides is 1. The molecule has 0 radical (unpaired) electrons. The van der Waals surface area contributed by atoms with Crippen LogP contribution in [0.4, 0.5) is 5.69 Å². The molecule has 0 aliphatic carbocycles. The molecule has 1 aromatic carbocycles. The number of hydrogen-bond donors (Lipinski definition) is 3. The van der Waals surface area contributed by atoms with Crippen molar-refractivity contribution in [3.8, 4) is 0 Å². The van der Waals surface area contributed by atoms with Crippen molar-refractivity contribution in [3.63, 3.8) is 0 Å². The van der Waals surface area contributed by atoms with E-state index in [2.05, 4.69) is 15.9 Å². The molecule has 1 amide bonds. The third kappa shape index (κ3) is 7.52. The van der Waals surface area contributed by atoms with Crippen LogP contribution in [0, 0.1) is 17.3 Å². The Hall–Kier alpha value is -1.97. The highest BCUT2D eigenvalue weighted by Crippen LogP contribution is 2.36. The number of rotatable bonds is 10. The quantitative estimate of drug-likeness (QED) is 0.399. The second kappa shape index (κ2) is 11.4. The van der Waals surface area contributed by atoms with Gasteiger partial charge in [-0.05, 0) is 55.4 Å². The highest BCUT2D eigenvalue weighted by Gasteiger charge is 2.36. The Morgan fingerprint density at radius 2 is 2.00 bits per heavy atom. The number of carbonyl (C=O) groups excluding carboxylic acids is 2. The normalized spacial score (nSPS) is 18.8. The summed E-state index contributed by atoms with van der Waals surface area (Å²) < 4.78 is 6.08. The summed E-state index contributed by atoms with van der Waals surface area (Å²) >= 11 is 3.46. The monoisotopic (exact) mass is 526 g/mol. The number of carboxylic acid groups (broad SMARTS) is 1. The van der Waals surface area contributed by atoms with Crippen LogP contribution in [0.15, 0.2) is 22.7 Å². The number of nitrogens with two attached hydrogens (primary N) is 1. The number of esters is 1. The highest BCUT2D eigenvalue weighted by molar-refractivity contribution is 9.10. The molecule has 9 heteroatoms. The molecule has 4 atom stereocenters. The van der Waals surface area contributed by atoms with E-state index in [4.69, 9.17) is 15.6 Å². The van der Waals surface area contributed by atoms with Gasteiger partial charge in [-0.2, -0.15) is 0 Å². The minimum absolute atomic E-state index is 0.0517. The van der Waals surface area contributed by atoms with Crippen LogP contribution < -0.4 is 10.6 Å². The van der Waals surface area contributed by atoms with Gasteiger partial charge < -0.3 is 25.6 Å². The van der Waals surface area contributed by atoms with E-state index in [0.717, 1.165) is 15.7 Å². The largest absolute Gasteiger partial charge is 0.481 e. The van der Waals surface area contributed by atoms with Gasteiger partial charge in [-0.3, -0.25) is 14.4 Å². The van der Waals surface area contributed by atoms with Gasteiger partial charge in [-0.25, -0.2) is 0 Å². The minimum Gasteiger partial charge on any atom is -0.481 e. The Morgan fingerprint density at radius 3 is 2.61 bits per heavy atom. The fourth-order valence-electron chi connectivity index (χ4n) is 4.27. The van der Waals surface area contributed by atoms with Crippen LogP contribution in [-0.4, -0.2) is 53.4 Å². The van der Waals surface area contributed by atoms with Gasteiger partial charge in [0.2, 0.25) is 5.91 Å². The summed E-state index contributed by atoms with van der Waals surface area (Å²) in [5.41, 5.74) is 7.29. The van der Waals surface area contributed by atoms with Gasteiger partial charge in [0.1, 0.15) is 0 Å². The average Bonchev–Trinajstić information content (AvgIpc) is 2.71. The van der Waals surface area contributed by atoms with Crippen LogP contribution in [0.2, 0.25) is 0 Å². The van der Waals surface area contributed by atoms with Crippen LogP contribution >= 0.6 is 15.9 Å². The zero-order valence-corrected chi connectivity index (χ0v) is 21.3. The molecular formula is C24H35BrN2O6. The number of fused-ring (bicyclic) bond motifs is 1. The van der Waals surface area contributed by atoms with Gasteiger partial charge in [0, 0.05) is 29.2 Å². The zero-order chi connectivity index (χ0) is 24.9. The van der Waals surface area contributed by atoms with E-state index in [9.17, 15) is 19.5 Å². The molecule has 0 saturated carbocycles. The van der Waals surface area contributed by atoms with Gasteiger partial charge in [0.15, 0.2) is 0 Å². The SMILES string of the molecule is CCOC(=O)[C@@H]1Cc2cc(Br)ccc2N(C(=O)CC(C)(C)C[C@H](N)[C@@H](O)C[C@@H](C)C(=O)O)C1. The molecule has 0 spiro atoms. The second-order valence-corrected chi connectivity index (χ2v) is 10.6. The molecule has 0 bridgehead atoms. The fourth-order valence-corrected chi connectivity index (χ4v) is 4.68.